The quantitative estimate of drug-likeness (QED) is 0.528. The summed E-state index contributed by atoms with van der Waals surface area (Å²) in [6, 6.07) is 6.72. The number of hydrogen-bond acceptors (Lipinski definition) is 5. The van der Waals surface area contributed by atoms with Gasteiger partial charge in [-0.3, -0.25) is 4.90 Å². The minimum atomic E-state index is 0. The molecular formula is C21H40ClN5. The van der Waals surface area contributed by atoms with Gasteiger partial charge in [0.25, 0.3) is 0 Å². The Hall–Kier alpha value is -0.990. The average molecular weight is 398 g/mol. The fourth-order valence-corrected chi connectivity index (χ4v) is 3.37. The van der Waals surface area contributed by atoms with Crippen molar-refractivity contribution in [3.63, 3.8) is 0 Å². The summed E-state index contributed by atoms with van der Waals surface area (Å²) >= 11 is 0. The lowest BCUT2D eigenvalue weighted by molar-refractivity contribution is 0.296. The lowest BCUT2D eigenvalue weighted by Crippen LogP contribution is -2.24. The second kappa shape index (κ2) is 17.1. The van der Waals surface area contributed by atoms with E-state index in [0.29, 0.717) is 12.1 Å². The SMILES string of the molecule is C(=NC1CCCCC1)=NC1CCCCC1.CCN=C=NC(CC)N(C)C.Cl. The highest BCUT2D eigenvalue weighted by molar-refractivity contribution is 5.85. The third-order valence-electron chi connectivity index (χ3n) is 5.03. The van der Waals surface area contributed by atoms with Crippen LogP contribution in [-0.4, -0.2) is 55.8 Å². The molecule has 0 aromatic carbocycles. The van der Waals surface area contributed by atoms with Crippen molar-refractivity contribution in [2.24, 2.45) is 20.0 Å². The predicted molar refractivity (Wildman–Crippen MR) is 119 cm³/mol. The highest BCUT2D eigenvalue weighted by Gasteiger charge is 2.12. The Balaban J connectivity index is 0.000000509. The van der Waals surface area contributed by atoms with E-state index in [4.69, 9.17) is 0 Å². The maximum Gasteiger partial charge on any atom is 0.112 e. The zero-order valence-electron chi connectivity index (χ0n) is 17.9. The smallest absolute Gasteiger partial charge is 0.112 e. The average Bonchev–Trinajstić information content (AvgIpc) is 2.67. The zero-order valence-corrected chi connectivity index (χ0v) is 18.7. The molecule has 0 amide bonds. The Morgan fingerprint density at radius 3 is 1.67 bits per heavy atom. The molecular weight excluding hydrogens is 358 g/mol. The summed E-state index contributed by atoms with van der Waals surface area (Å²) in [6.07, 6.45) is 14.4. The number of aliphatic imine (C=N–C) groups is 4. The molecule has 0 saturated heterocycles. The highest BCUT2D eigenvalue weighted by atomic mass is 35.5. The minimum Gasteiger partial charge on any atom is -0.287 e. The van der Waals surface area contributed by atoms with Crippen LogP contribution in [0.25, 0.3) is 0 Å². The molecule has 0 N–H and O–H groups in total. The molecule has 1 atom stereocenters. The van der Waals surface area contributed by atoms with Crippen molar-refractivity contribution < 1.29 is 0 Å². The largest absolute Gasteiger partial charge is 0.287 e. The van der Waals surface area contributed by atoms with Crippen LogP contribution in [0.5, 0.6) is 0 Å². The molecule has 0 aromatic rings. The predicted octanol–water partition coefficient (Wildman–Crippen LogP) is 5.73. The van der Waals surface area contributed by atoms with E-state index in [1.165, 1.54) is 64.2 Å². The van der Waals surface area contributed by atoms with E-state index < -0.39 is 0 Å². The van der Waals surface area contributed by atoms with Gasteiger partial charge in [0.05, 0.1) is 24.1 Å². The summed E-state index contributed by atoms with van der Waals surface area (Å²) in [6.45, 7) is 4.83. The first-order valence-electron chi connectivity index (χ1n) is 10.6. The molecule has 156 valence electrons. The molecule has 2 rings (SSSR count). The number of hydrogen-bond donors (Lipinski definition) is 0. The van der Waals surface area contributed by atoms with Crippen molar-refractivity contribution in [2.45, 2.75) is 103 Å². The van der Waals surface area contributed by atoms with Gasteiger partial charge in [-0.15, -0.1) is 12.4 Å². The molecule has 6 heteroatoms. The summed E-state index contributed by atoms with van der Waals surface area (Å²) < 4.78 is 0. The van der Waals surface area contributed by atoms with Crippen LogP contribution in [0.3, 0.4) is 0 Å². The standard InChI is InChI=1S/C13H22N2.C8H17N3.ClH/c1-3-7-12(8-4-1)14-11-15-13-9-5-2-6-10-13;1-5-8(11(3)4)10-7-9-6-2;/h12-13H,1-10H2;8H,5-6H2,1-4H3;1H. The van der Waals surface area contributed by atoms with E-state index in [-0.39, 0.29) is 18.6 Å². The van der Waals surface area contributed by atoms with Gasteiger partial charge in [0, 0.05) is 6.54 Å². The second-order valence-electron chi connectivity index (χ2n) is 7.50. The fraction of sp³-hybridized carbons (Fsp3) is 0.905. The normalized spacial score (nSPS) is 18.7. The Morgan fingerprint density at radius 2 is 1.30 bits per heavy atom. The minimum absolute atomic E-state index is 0. The first kappa shape index (κ1) is 26.0. The van der Waals surface area contributed by atoms with E-state index in [1.54, 1.807) is 0 Å². The van der Waals surface area contributed by atoms with Gasteiger partial charge >= 0.3 is 0 Å². The monoisotopic (exact) mass is 397 g/mol. The van der Waals surface area contributed by atoms with Crippen LogP contribution in [0.15, 0.2) is 20.0 Å². The summed E-state index contributed by atoms with van der Waals surface area (Å²) in [5, 5.41) is 0. The van der Waals surface area contributed by atoms with Crippen LogP contribution in [0.1, 0.15) is 84.5 Å². The van der Waals surface area contributed by atoms with Gasteiger partial charge in [-0.05, 0) is 53.1 Å². The van der Waals surface area contributed by atoms with E-state index in [0.717, 1.165) is 13.0 Å². The third kappa shape index (κ3) is 12.9. The third-order valence-corrected chi connectivity index (χ3v) is 5.03. The molecule has 0 spiro atoms. The molecule has 0 aliphatic heterocycles. The molecule has 1 unspecified atom stereocenters. The summed E-state index contributed by atoms with van der Waals surface area (Å²) in [7, 11) is 4.01. The Bertz CT molecular complexity index is 445. The second-order valence-corrected chi connectivity index (χ2v) is 7.50. The molecule has 2 aliphatic rings. The lowest BCUT2D eigenvalue weighted by Gasteiger charge is -2.17. The highest BCUT2D eigenvalue weighted by Crippen LogP contribution is 2.21. The maximum absolute atomic E-state index is 4.46. The van der Waals surface area contributed by atoms with E-state index in [9.17, 15) is 0 Å². The zero-order chi connectivity index (χ0) is 19.0. The molecule has 5 nitrogen and oxygen atoms in total. The number of halogens is 1. The van der Waals surface area contributed by atoms with Crippen LogP contribution < -0.4 is 0 Å². The molecule has 0 bridgehead atoms. The van der Waals surface area contributed by atoms with Gasteiger partial charge < -0.3 is 0 Å². The van der Waals surface area contributed by atoms with Gasteiger partial charge in [-0.25, -0.2) is 20.0 Å². The Kier molecular flexibility index (Phi) is 16.5. The van der Waals surface area contributed by atoms with Gasteiger partial charge in [-0.2, -0.15) is 0 Å². The van der Waals surface area contributed by atoms with Gasteiger partial charge in [0.1, 0.15) is 6.17 Å². The van der Waals surface area contributed by atoms with Crippen LogP contribution in [0.2, 0.25) is 0 Å². The summed E-state index contributed by atoms with van der Waals surface area (Å²) in [5.74, 6) is 0. The van der Waals surface area contributed by atoms with Crippen LogP contribution in [-0.2, 0) is 0 Å². The number of rotatable bonds is 6. The van der Waals surface area contributed by atoms with Crippen molar-refractivity contribution in [3.8, 4) is 0 Å². The molecule has 27 heavy (non-hydrogen) atoms. The molecule has 0 heterocycles. The molecule has 0 aromatic heterocycles. The first-order chi connectivity index (χ1) is 12.7. The Labute approximate surface area is 173 Å². The van der Waals surface area contributed by atoms with Crippen molar-refractivity contribution in [3.05, 3.63) is 0 Å². The van der Waals surface area contributed by atoms with Crippen molar-refractivity contribution >= 4 is 24.4 Å². The van der Waals surface area contributed by atoms with Crippen LogP contribution in [0, 0.1) is 0 Å². The topological polar surface area (TPSA) is 52.7 Å². The van der Waals surface area contributed by atoms with Crippen LogP contribution >= 0.6 is 12.4 Å². The summed E-state index contributed by atoms with van der Waals surface area (Å²) in [5.41, 5.74) is 0. The van der Waals surface area contributed by atoms with Crippen molar-refractivity contribution in [1.82, 2.24) is 4.90 Å². The molecule has 2 aliphatic carbocycles. The van der Waals surface area contributed by atoms with Gasteiger partial charge in [0.15, 0.2) is 0 Å². The van der Waals surface area contributed by atoms with E-state index >= 15 is 0 Å². The maximum atomic E-state index is 4.46. The van der Waals surface area contributed by atoms with E-state index in [1.807, 2.05) is 21.0 Å². The first-order valence-corrected chi connectivity index (χ1v) is 10.6. The fourth-order valence-electron chi connectivity index (χ4n) is 3.37. The van der Waals surface area contributed by atoms with Gasteiger partial charge in [0.2, 0.25) is 0 Å². The van der Waals surface area contributed by atoms with E-state index in [2.05, 4.69) is 43.8 Å². The lowest BCUT2D eigenvalue weighted by atomic mass is 9.96. The van der Waals surface area contributed by atoms with Crippen LogP contribution in [0.4, 0.5) is 0 Å². The molecule has 0 radical (unpaired) electrons. The summed E-state index contributed by atoms with van der Waals surface area (Å²) in [4.78, 5) is 19.0. The van der Waals surface area contributed by atoms with Crippen molar-refractivity contribution in [2.75, 3.05) is 20.6 Å². The van der Waals surface area contributed by atoms with Gasteiger partial charge in [-0.1, -0.05) is 45.4 Å². The number of nitrogens with zero attached hydrogens (tertiary/aromatic N) is 5. The Morgan fingerprint density at radius 1 is 0.815 bits per heavy atom. The molecule has 2 saturated carbocycles. The van der Waals surface area contributed by atoms with Crippen molar-refractivity contribution in [1.29, 1.82) is 0 Å². The molecule has 2 fully saturated rings.